The van der Waals surface area contributed by atoms with Crippen LogP contribution < -0.4 is 0 Å². The molecule has 0 aromatic carbocycles. The highest BCUT2D eigenvalue weighted by Crippen LogP contribution is 2.16. The number of amides is 1. The Bertz CT molecular complexity index is 174. The van der Waals surface area contributed by atoms with Crippen molar-refractivity contribution in [3.63, 3.8) is 0 Å². The van der Waals surface area contributed by atoms with Crippen LogP contribution in [0.5, 0.6) is 0 Å². The first-order valence-electron chi connectivity index (χ1n) is 4.96. The minimum Gasteiger partial charge on any atom is -0.372 e. The number of methoxy groups -OCH3 is 1. The van der Waals surface area contributed by atoms with E-state index in [-0.39, 0.29) is 12.0 Å². The molecule has 0 saturated carbocycles. The number of likely N-dealkylation sites (tertiary alicyclic amines) is 1. The van der Waals surface area contributed by atoms with Crippen molar-refractivity contribution in [1.82, 2.24) is 4.90 Å². The zero-order valence-corrected chi connectivity index (χ0v) is 8.75. The van der Waals surface area contributed by atoms with Gasteiger partial charge in [0.15, 0.2) is 0 Å². The van der Waals surface area contributed by atoms with Gasteiger partial charge in [-0.15, -0.1) is 0 Å². The SMILES string of the molecule is COC(C)C(=O)N1CCC(C)CC1. The summed E-state index contributed by atoms with van der Waals surface area (Å²) in [6.45, 7) is 5.84. The summed E-state index contributed by atoms with van der Waals surface area (Å²) in [5.41, 5.74) is 0. The molecule has 0 bridgehead atoms. The Morgan fingerprint density at radius 3 is 2.46 bits per heavy atom. The quantitative estimate of drug-likeness (QED) is 0.648. The fraction of sp³-hybridized carbons (Fsp3) is 0.900. The highest BCUT2D eigenvalue weighted by molar-refractivity contribution is 5.80. The van der Waals surface area contributed by atoms with Crippen LogP contribution in [0.3, 0.4) is 0 Å². The molecular weight excluding hydrogens is 166 g/mol. The molecule has 0 aromatic heterocycles. The first-order valence-corrected chi connectivity index (χ1v) is 4.96. The lowest BCUT2D eigenvalue weighted by Gasteiger charge is -2.31. The van der Waals surface area contributed by atoms with Gasteiger partial charge in [0.1, 0.15) is 6.10 Å². The molecule has 1 rings (SSSR count). The van der Waals surface area contributed by atoms with Gasteiger partial charge in [0.2, 0.25) is 0 Å². The van der Waals surface area contributed by atoms with E-state index in [1.54, 1.807) is 14.0 Å². The average Bonchev–Trinajstić information content (AvgIpc) is 2.17. The van der Waals surface area contributed by atoms with Crippen molar-refractivity contribution in [2.75, 3.05) is 20.2 Å². The van der Waals surface area contributed by atoms with Crippen LogP contribution in [0.4, 0.5) is 0 Å². The number of hydrogen-bond donors (Lipinski definition) is 0. The van der Waals surface area contributed by atoms with Crippen molar-refractivity contribution in [3.8, 4) is 0 Å². The highest BCUT2D eigenvalue weighted by Gasteiger charge is 2.23. The van der Waals surface area contributed by atoms with Crippen molar-refractivity contribution < 1.29 is 9.53 Å². The summed E-state index contributed by atoms with van der Waals surface area (Å²) in [7, 11) is 1.58. The van der Waals surface area contributed by atoms with E-state index in [1.807, 2.05) is 4.90 Å². The molecule has 1 fully saturated rings. The van der Waals surface area contributed by atoms with E-state index in [2.05, 4.69) is 6.92 Å². The minimum atomic E-state index is -0.284. The highest BCUT2D eigenvalue weighted by atomic mass is 16.5. The molecule has 1 unspecified atom stereocenters. The number of carbonyl (C=O) groups is 1. The lowest BCUT2D eigenvalue weighted by molar-refractivity contribution is -0.142. The van der Waals surface area contributed by atoms with Gasteiger partial charge in [-0.05, 0) is 25.7 Å². The monoisotopic (exact) mass is 185 g/mol. The second-order valence-corrected chi connectivity index (χ2v) is 3.89. The summed E-state index contributed by atoms with van der Waals surface area (Å²) >= 11 is 0. The van der Waals surface area contributed by atoms with E-state index in [4.69, 9.17) is 4.74 Å². The van der Waals surface area contributed by atoms with Gasteiger partial charge in [-0.25, -0.2) is 0 Å². The maximum atomic E-state index is 11.6. The molecule has 0 spiro atoms. The summed E-state index contributed by atoms with van der Waals surface area (Å²) in [6, 6.07) is 0. The standard InChI is InChI=1S/C10H19NO2/c1-8-4-6-11(7-5-8)10(12)9(2)13-3/h8-9H,4-7H2,1-3H3. The fourth-order valence-electron chi connectivity index (χ4n) is 1.59. The van der Waals surface area contributed by atoms with Crippen molar-refractivity contribution >= 4 is 5.91 Å². The summed E-state index contributed by atoms with van der Waals surface area (Å²) in [6.07, 6.45) is 1.97. The van der Waals surface area contributed by atoms with Gasteiger partial charge >= 0.3 is 0 Å². The van der Waals surface area contributed by atoms with Crippen LogP contribution in [0, 0.1) is 5.92 Å². The van der Waals surface area contributed by atoms with Crippen LogP contribution in [0.15, 0.2) is 0 Å². The largest absolute Gasteiger partial charge is 0.372 e. The van der Waals surface area contributed by atoms with Crippen molar-refractivity contribution in [1.29, 1.82) is 0 Å². The zero-order valence-electron chi connectivity index (χ0n) is 8.75. The summed E-state index contributed by atoms with van der Waals surface area (Å²) in [4.78, 5) is 13.5. The Balaban J connectivity index is 2.40. The second kappa shape index (κ2) is 4.61. The van der Waals surface area contributed by atoms with Crippen molar-refractivity contribution in [2.45, 2.75) is 32.8 Å². The Morgan fingerprint density at radius 2 is 2.00 bits per heavy atom. The lowest BCUT2D eigenvalue weighted by Crippen LogP contribution is -2.43. The maximum Gasteiger partial charge on any atom is 0.251 e. The smallest absolute Gasteiger partial charge is 0.251 e. The molecule has 1 aliphatic heterocycles. The van der Waals surface area contributed by atoms with Gasteiger partial charge < -0.3 is 9.64 Å². The number of piperidine rings is 1. The topological polar surface area (TPSA) is 29.5 Å². The normalized spacial score (nSPS) is 21.6. The molecule has 3 nitrogen and oxygen atoms in total. The van der Waals surface area contributed by atoms with Gasteiger partial charge in [-0.1, -0.05) is 6.92 Å². The predicted molar refractivity (Wildman–Crippen MR) is 51.4 cm³/mol. The Kier molecular flexibility index (Phi) is 3.72. The molecule has 1 heterocycles. The fourth-order valence-corrected chi connectivity index (χ4v) is 1.59. The predicted octanol–water partition coefficient (Wildman–Crippen LogP) is 1.28. The molecular formula is C10H19NO2. The van der Waals surface area contributed by atoms with Crippen LogP contribution in [0.25, 0.3) is 0 Å². The molecule has 76 valence electrons. The molecule has 0 aliphatic carbocycles. The van der Waals surface area contributed by atoms with Crippen LogP contribution in [-0.2, 0) is 9.53 Å². The van der Waals surface area contributed by atoms with Crippen LogP contribution in [0.1, 0.15) is 26.7 Å². The van der Waals surface area contributed by atoms with E-state index in [9.17, 15) is 4.79 Å². The summed E-state index contributed by atoms with van der Waals surface area (Å²) < 4.78 is 5.00. The van der Waals surface area contributed by atoms with Gasteiger partial charge in [-0.2, -0.15) is 0 Å². The molecule has 1 aliphatic rings. The molecule has 0 N–H and O–H groups in total. The minimum absolute atomic E-state index is 0.134. The van der Waals surface area contributed by atoms with E-state index >= 15 is 0 Å². The number of carbonyl (C=O) groups excluding carboxylic acids is 1. The van der Waals surface area contributed by atoms with E-state index in [0.29, 0.717) is 0 Å². The Hall–Kier alpha value is -0.570. The maximum absolute atomic E-state index is 11.6. The molecule has 0 aromatic rings. The second-order valence-electron chi connectivity index (χ2n) is 3.89. The molecule has 0 radical (unpaired) electrons. The van der Waals surface area contributed by atoms with Gasteiger partial charge in [0, 0.05) is 20.2 Å². The summed E-state index contributed by atoms with van der Waals surface area (Å²) in [5.74, 6) is 0.899. The summed E-state index contributed by atoms with van der Waals surface area (Å²) in [5, 5.41) is 0. The molecule has 3 heteroatoms. The van der Waals surface area contributed by atoms with Crippen LogP contribution >= 0.6 is 0 Å². The number of hydrogen-bond acceptors (Lipinski definition) is 2. The molecule has 13 heavy (non-hydrogen) atoms. The average molecular weight is 185 g/mol. The van der Waals surface area contributed by atoms with E-state index < -0.39 is 0 Å². The van der Waals surface area contributed by atoms with Gasteiger partial charge in [-0.3, -0.25) is 4.79 Å². The van der Waals surface area contributed by atoms with Crippen molar-refractivity contribution in [3.05, 3.63) is 0 Å². The third-order valence-electron chi connectivity index (χ3n) is 2.80. The van der Waals surface area contributed by atoms with Crippen LogP contribution in [0.2, 0.25) is 0 Å². The van der Waals surface area contributed by atoms with E-state index in [0.717, 1.165) is 31.8 Å². The Labute approximate surface area is 80.1 Å². The molecule has 1 saturated heterocycles. The first-order chi connectivity index (χ1) is 6.15. The first kappa shape index (κ1) is 10.5. The Morgan fingerprint density at radius 1 is 1.46 bits per heavy atom. The van der Waals surface area contributed by atoms with Crippen LogP contribution in [-0.4, -0.2) is 37.1 Å². The number of nitrogens with zero attached hydrogens (tertiary/aromatic N) is 1. The third kappa shape index (κ3) is 2.69. The van der Waals surface area contributed by atoms with E-state index in [1.165, 1.54) is 0 Å². The van der Waals surface area contributed by atoms with Crippen molar-refractivity contribution in [2.24, 2.45) is 5.92 Å². The van der Waals surface area contributed by atoms with Gasteiger partial charge in [0.05, 0.1) is 0 Å². The zero-order chi connectivity index (χ0) is 9.84. The molecule has 1 atom stereocenters. The van der Waals surface area contributed by atoms with Gasteiger partial charge in [0.25, 0.3) is 5.91 Å². The molecule has 1 amide bonds. The lowest BCUT2D eigenvalue weighted by atomic mass is 9.99. The number of ether oxygens (including phenoxy) is 1. The third-order valence-corrected chi connectivity index (χ3v) is 2.80. The number of rotatable bonds is 2.